The van der Waals surface area contributed by atoms with E-state index >= 15 is 0 Å². The van der Waals surface area contributed by atoms with Crippen molar-refractivity contribution >= 4 is 28.6 Å². The average Bonchev–Trinajstić information content (AvgIpc) is 3.21. The fourth-order valence-electron chi connectivity index (χ4n) is 4.04. The van der Waals surface area contributed by atoms with Gasteiger partial charge in [0.1, 0.15) is 0 Å². The molecule has 1 aliphatic rings. The van der Waals surface area contributed by atoms with Crippen LogP contribution in [0.25, 0.3) is 10.8 Å². The molecule has 6 heteroatoms. The third-order valence-corrected chi connectivity index (χ3v) is 5.74. The molecule has 0 bridgehead atoms. The largest absolute Gasteiger partial charge is 0.452 e. The number of rotatable bonds is 7. The van der Waals surface area contributed by atoms with E-state index in [0.29, 0.717) is 18.5 Å². The van der Waals surface area contributed by atoms with Gasteiger partial charge in [-0.3, -0.25) is 9.59 Å². The van der Waals surface area contributed by atoms with Crippen molar-refractivity contribution in [2.75, 3.05) is 13.2 Å². The maximum atomic E-state index is 12.4. The van der Waals surface area contributed by atoms with Crippen molar-refractivity contribution in [2.45, 2.75) is 32.4 Å². The van der Waals surface area contributed by atoms with Gasteiger partial charge in [-0.15, -0.1) is 0 Å². The Morgan fingerprint density at radius 3 is 2.53 bits per heavy atom. The van der Waals surface area contributed by atoms with Crippen molar-refractivity contribution in [3.63, 3.8) is 0 Å². The number of esters is 1. The normalized spacial score (nSPS) is 14.4. The molecule has 164 valence electrons. The van der Waals surface area contributed by atoms with Gasteiger partial charge >= 0.3 is 5.97 Å². The number of likely N-dealkylation sites (tertiary alicyclic amines) is 1. The number of ether oxygens (including phenoxy) is 1. The first-order valence-electron chi connectivity index (χ1n) is 10.8. The molecule has 4 rings (SSSR count). The van der Waals surface area contributed by atoms with Gasteiger partial charge in [0.2, 0.25) is 5.91 Å². The van der Waals surface area contributed by atoms with Crippen LogP contribution in [0.1, 0.15) is 47.3 Å². The Bertz CT molecular complexity index is 1130. The van der Waals surface area contributed by atoms with Crippen LogP contribution in [0.4, 0.5) is 0 Å². The molecule has 1 saturated heterocycles. The lowest BCUT2D eigenvalue weighted by Crippen LogP contribution is -2.31. The van der Waals surface area contributed by atoms with Crippen LogP contribution in [0, 0.1) is 0 Å². The fraction of sp³-hybridized carbons (Fsp3) is 0.269. The van der Waals surface area contributed by atoms with E-state index in [1.54, 1.807) is 12.1 Å². The first kappa shape index (κ1) is 21.6. The number of hydrogen-bond donors (Lipinski definition) is 1. The second-order valence-electron chi connectivity index (χ2n) is 8.05. The minimum absolute atomic E-state index is 0.164. The van der Waals surface area contributed by atoms with Gasteiger partial charge in [0.05, 0.1) is 11.6 Å². The summed E-state index contributed by atoms with van der Waals surface area (Å²) in [4.78, 5) is 38.2. The van der Waals surface area contributed by atoms with E-state index in [4.69, 9.17) is 4.74 Å². The molecule has 3 aromatic rings. The maximum absolute atomic E-state index is 12.4. The zero-order valence-electron chi connectivity index (χ0n) is 18.0. The zero-order valence-corrected chi connectivity index (χ0v) is 18.0. The molecule has 6 nitrogen and oxygen atoms in total. The van der Waals surface area contributed by atoms with Gasteiger partial charge in [0.25, 0.3) is 5.91 Å². The molecular weight excluding hydrogens is 404 g/mol. The van der Waals surface area contributed by atoms with Crippen LogP contribution < -0.4 is 5.32 Å². The number of amides is 2. The molecule has 0 aliphatic carbocycles. The van der Waals surface area contributed by atoms with Crippen LogP contribution in [0.2, 0.25) is 0 Å². The quantitative estimate of drug-likeness (QED) is 0.575. The van der Waals surface area contributed by atoms with Crippen LogP contribution in [0.5, 0.6) is 0 Å². The van der Waals surface area contributed by atoms with Crippen molar-refractivity contribution in [3.8, 4) is 0 Å². The lowest BCUT2D eigenvalue weighted by atomic mass is 10.00. The molecule has 1 atom stereocenters. The molecule has 0 radical (unpaired) electrons. The van der Waals surface area contributed by atoms with Crippen LogP contribution in [-0.2, 0) is 20.9 Å². The highest BCUT2D eigenvalue weighted by molar-refractivity contribution is 5.91. The number of nitrogens with zero attached hydrogens (tertiary/aromatic N) is 1. The second-order valence-corrected chi connectivity index (χ2v) is 8.05. The van der Waals surface area contributed by atoms with E-state index in [9.17, 15) is 14.4 Å². The van der Waals surface area contributed by atoms with Gasteiger partial charge in [0.15, 0.2) is 6.61 Å². The molecule has 1 aliphatic heterocycles. The molecular formula is C26H26N2O4. The predicted octanol–water partition coefficient (Wildman–Crippen LogP) is 4.00. The molecule has 2 amide bonds. The number of carbonyl (C=O) groups is 3. The third-order valence-electron chi connectivity index (χ3n) is 5.74. The smallest absolute Gasteiger partial charge is 0.338 e. The maximum Gasteiger partial charge on any atom is 0.338 e. The molecule has 0 spiro atoms. The summed E-state index contributed by atoms with van der Waals surface area (Å²) >= 11 is 0. The first-order valence-corrected chi connectivity index (χ1v) is 10.8. The lowest BCUT2D eigenvalue weighted by molar-refractivity contribution is -0.128. The SMILES string of the molecule is CC(NC(=O)COC(=O)c1ccc(CN2CCCC2=O)cc1)c1cccc2ccccc12. The van der Waals surface area contributed by atoms with E-state index in [2.05, 4.69) is 5.32 Å². The Balaban J connectivity index is 1.29. The minimum Gasteiger partial charge on any atom is -0.452 e. The van der Waals surface area contributed by atoms with Crippen LogP contribution in [0.15, 0.2) is 66.7 Å². The highest BCUT2D eigenvalue weighted by Gasteiger charge is 2.20. The monoisotopic (exact) mass is 430 g/mol. The van der Waals surface area contributed by atoms with Gasteiger partial charge in [-0.05, 0) is 47.4 Å². The highest BCUT2D eigenvalue weighted by Crippen LogP contribution is 2.24. The topological polar surface area (TPSA) is 75.7 Å². The number of nitrogens with one attached hydrogen (secondary N) is 1. The van der Waals surface area contributed by atoms with E-state index in [1.165, 1.54) is 0 Å². The van der Waals surface area contributed by atoms with E-state index in [0.717, 1.165) is 34.9 Å². The predicted molar refractivity (Wildman–Crippen MR) is 122 cm³/mol. The Labute approximate surface area is 187 Å². The van der Waals surface area contributed by atoms with Crippen LogP contribution >= 0.6 is 0 Å². The second kappa shape index (κ2) is 9.64. The first-order chi connectivity index (χ1) is 15.5. The zero-order chi connectivity index (χ0) is 22.5. The molecule has 1 unspecified atom stereocenters. The van der Waals surface area contributed by atoms with Gasteiger partial charge in [-0.25, -0.2) is 4.79 Å². The van der Waals surface area contributed by atoms with Gasteiger partial charge < -0.3 is 15.0 Å². The number of fused-ring (bicyclic) bond motifs is 1. The van der Waals surface area contributed by atoms with Crippen molar-refractivity contribution < 1.29 is 19.1 Å². The Morgan fingerprint density at radius 2 is 1.78 bits per heavy atom. The summed E-state index contributed by atoms with van der Waals surface area (Å²) in [6.07, 6.45) is 1.50. The van der Waals surface area contributed by atoms with Crippen LogP contribution in [0.3, 0.4) is 0 Å². The van der Waals surface area contributed by atoms with Crippen molar-refractivity contribution in [3.05, 3.63) is 83.4 Å². The summed E-state index contributed by atoms with van der Waals surface area (Å²) in [6.45, 7) is 2.88. The summed E-state index contributed by atoms with van der Waals surface area (Å²) < 4.78 is 5.19. The number of benzene rings is 3. The Hall–Kier alpha value is -3.67. The van der Waals surface area contributed by atoms with Crippen LogP contribution in [-0.4, -0.2) is 35.8 Å². The summed E-state index contributed by atoms with van der Waals surface area (Å²) in [5.74, 6) is -0.748. The third kappa shape index (κ3) is 4.97. The summed E-state index contributed by atoms with van der Waals surface area (Å²) in [5, 5.41) is 5.08. The van der Waals surface area contributed by atoms with Gasteiger partial charge in [-0.2, -0.15) is 0 Å². The van der Waals surface area contributed by atoms with Crippen molar-refractivity contribution in [2.24, 2.45) is 0 Å². The Kier molecular flexibility index (Phi) is 6.50. The van der Waals surface area contributed by atoms with Crippen molar-refractivity contribution in [1.29, 1.82) is 0 Å². The fourth-order valence-corrected chi connectivity index (χ4v) is 4.04. The van der Waals surface area contributed by atoms with E-state index in [-0.39, 0.29) is 24.5 Å². The molecule has 1 N–H and O–H groups in total. The van der Waals surface area contributed by atoms with E-state index in [1.807, 2.05) is 66.4 Å². The Morgan fingerprint density at radius 1 is 1.03 bits per heavy atom. The number of carbonyl (C=O) groups excluding carboxylic acids is 3. The standard InChI is InChI=1S/C26H26N2O4/c1-18(22-9-4-7-20-6-2-3-8-23(20)22)27-24(29)17-32-26(31)21-13-11-19(12-14-21)16-28-15-5-10-25(28)30/h2-4,6-9,11-14,18H,5,10,15-17H2,1H3,(H,27,29). The lowest BCUT2D eigenvalue weighted by Gasteiger charge is -2.17. The average molecular weight is 431 g/mol. The molecule has 0 aromatic heterocycles. The summed E-state index contributed by atoms with van der Waals surface area (Å²) in [7, 11) is 0. The number of hydrogen-bond acceptors (Lipinski definition) is 4. The highest BCUT2D eigenvalue weighted by atomic mass is 16.5. The van der Waals surface area contributed by atoms with Gasteiger partial charge in [0, 0.05) is 19.5 Å². The summed E-state index contributed by atoms with van der Waals surface area (Å²) in [6, 6.07) is 20.7. The molecule has 1 heterocycles. The summed E-state index contributed by atoms with van der Waals surface area (Å²) in [5.41, 5.74) is 2.34. The minimum atomic E-state index is -0.554. The van der Waals surface area contributed by atoms with Gasteiger partial charge in [-0.1, -0.05) is 54.6 Å². The van der Waals surface area contributed by atoms with Crippen molar-refractivity contribution in [1.82, 2.24) is 10.2 Å². The molecule has 1 fully saturated rings. The van der Waals surface area contributed by atoms with E-state index < -0.39 is 5.97 Å². The molecule has 3 aromatic carbocycles. The molecule has 0 saturated carbocycles. The molecule has 32 heavy (non-hydrogen) atoms.